The van der Waals surface area contributed by atoms with Crippen LogP contribution in [0.2, 0.25) is 0 Å². The molecule has 1 aromatic heterocycles. The summed E-state index contributed by atoms with van der Waals surface area (Å²) in [5.41, 5.74) is 4.91. The van der Waals surface area contributed by atoms with Gasteiger partial charge in [0.25, 0.3) is 17.7 Å². The van der Waals surface area contributed by atoms with E-state index in [0.717, 1.165) is 4.47 Å². The molecule has 0 saturated heterocycles. The highest BCUT2D eigenvalue weighted by Gasteiger charge is 2.10. The summed E-state index contributed by atoms with van der Waals surface area (Å²) in [6, 6.07) is 10.1. The SMILES string of the molecule is O=C(CNC(=O)c1cccs1)NNC(=O)c1cccc(Br)c1. The topological polar surface area (TPSA) is 87.3 Å². The zero-order valence-corrected chi connectivity index (χ0v) is 13.7. The lowest BCUT2D eigenvalue weighted by Crippen LogP contribution is -2.46. The molecule has 6 nitrogen and oxygen atoms in total. The normalized spacial score (nSPS) is 9.86. The Hall–Kier alpha value is -2.19. The smallest absolute Gasteiger partial charge is 0.269 e. The van der Waals surface area contributed by atoms with Crippen molar-refractivity contribution < 1.29 is 14.4 Å². The Labute approximate surface area is 139 Å². The maximum atomic E-state index is 11.8. The first-order valence-corrected chi connectivity index (χ1v) is 7.90. The Bertz CT molecular complexity index is 688. The van der Waals surface area contributed by atoms with Crippen LogP contribution in [0.5, 0.6) is 0 Å². The van der Waals surface area contributed by atoms with Crippen molar-refractivity contribution in [3.63, 3.8) is 0 Å². The van der Waals surface area contributed by atoms with Crippen LogP contribution in [0.15, 0.2) is 46.3 Å². The van der Waals surface area contributed by atoms with Crippen LogP contribution in [-0.4, -0.2) is 24.3 Å². The fourth-order valence-electron chi connectivity index (χ4n) is 1.53. The molecule has 1 heterocycles. The third-order valence-electron chi connectivity index (χ3n) is 2.56. The largest absolute Gasteiger partial charge is 0.342 e. The van der Waals surface area contributed by atoms with Crippen molar-refractivity contribution in [3.8, 4) is 0 Å². The van der Waals surface area contributed by atoms with Gasteiger partial charge in [0, 0.05) is 10.0 Å². The number of carbonyl (C=O) groups excluding carboxylic acids is 3. The van der Waals surface area contributed by atoms with Crippen molar-refractivity contribution >= 4 is 45.0 Å². The minimum atomic E-state index is -0.520. The number of hydrogen-bond donors (Lipinski definition) is 3. The molecule has 0 bridgehead atoms. The highest BCUT2D eigenvalue weighted by Crippen LogP contribution is 2.11. The molecule has 2 rings (SSSR count). The van der Waals surface area contributed by atoms with Crippen LogP contribution in [0.4, 0.5) is 0 Å². The molecule has 0 atom stereocenters. The minimum absolute atomic E-state index is 0.227. The Balaban J connectivity index is 1.76. The second kappa shape index (κ2) is 7.71. The molecule has 114 valence electrons. The van der Waals surface area contributed by atoms with Gasteiger partial charge in [-0.15, -0.1) is 11.3 Å². The van der Waals surface area contributed by atoms with E-state index in [4.69, 9.17) is 0 Å². The Morgan fingerprint density at radius 3 is 2.55 bits per heavy atom. The quantitative estimate of drug-likeness (QED) is 0.704. The predicted molar refractivity (Wildman–Crippen MR) is 86.4 cm³/mol. The number of nitrogens with one attached hydrogen (secondary N) is 3. The van der Waals surface area contributed by atoms with E-state index in [2.05, 4.69) is 32.1 Å². The van der Waals surface area contributed by atoms with E-state index < -0.39 is 11.8 Å². The molecule has 22 heavy (non-hydrogen) atoms. The molecule has 0 aliphatic rings. The first kappa shape index (κ1) is 16.2. The average molecular weight is 382 g/mol. The van der Waals surface area contributed by atoms with Gasteiger partial charge < -0.3 is 5.32 Å². The van der Waals surface area contributed by atoms with E-state index in [1.807, 2.05) is 0 Å². The highest BCUT2D eigenvalue weighted by molar-refractivity contribution is 9.10. The number of hydrazine groups is 1. The lowest BCUT2D eigenvalue weighted by molar-refractivity contribution is -0.120. The molecule has 0 aliphatic heterocycles. The lowest BCUT2D eigenvalue weighted by Gasteiger charge is -2.08. The number of benzene rings is 1. The molecular weight excluding hydrogens is 370 g/mol. The van der Waals surface area contributed by atoms with Crippen molar-refractivity contribution in [3.05, 3.63) is 56.7 Å². The van der Waals surface area contributed by atoms with Gasteiger partial charge in [-0.2, -0.15) is 0 Å². The number of rotatable bonds is 4. The number of hydrogen-bond acceptors (Lipinski definition) is 4. The van der Waals surface area contributed by atoms with Gasteiger partial charge in [0.1, 0.15) is 0 Å². The maximum absolute atomic E-state index is 11.8. The summed E-state index contributed by atoms with van der Waals surface area (Å²) in [7, 11) is 0. The van der Waals surface area contributed by atoms with Gasteiger partial charge in [-0.05, 0) is 29.6 Å². The van der Waals surface area contributed by atoms with Crippen molar-refractivity contribution in [1.82, 2.24) is 16.2 Å². The average Bonchev–Trinajstić information content (AvgIpc) is 3.04. The Morgan fingerprint density at radius 2 is 1.86 bits per heavy atom. The van der Waals surface area contributed by atoms with Gasteiger partial charge in [-0.1, -0.05) is 28.1 Å². The van der Waals surface area contributed by atoms with E-state index in [-0.39, 0.29) is 12.5 Å². The molecule has 0 fully saturated rings. The summed E-state index contributed by atoms with van der Waals surface area (Å²) in [6.45, 7) is -0.227. The van der Waals surface area contributed by atoms with Crippen LogP contribution >= 0.6 is 27.3 Å². The van der Waals surface area contributed by atoms with Gasteiger partial charge in [-0.3, -0.25) is 25.2 Å². The van der Waals surface area contributed by atoms with E-state index in [1.165, 1.54) is 11.3 Å². The van der Waals surface area contributed by atoms with Gasteiger partial charge in [-0.25, -0.2) is 0 Å². The van der Waals surface area contributed by atoms with Crippen LogP contribution in [0.3, 0.4) is 0 Å². The summed E-state index contributed by atoms with van der Waals surface area (Å²) in [5, 5.41) is 4.23. The van der Waals surface area contributed by atoms with Gasteiger partial charge in [0.05, 0.1) is 11.4 Å². The monoisotopic (exact) mass is 381 g/mol. The summed E-state index contributed by atoms with van der Waals surface area (Å²) in [4.78, 5) is 35.5. The summed E-state index contributed by atoms with van der Waals surface area (Å²) >= 11 is 4.54. The molecule has 0 spiro atoms. The molecule has 3 amide bonds. The first-order chi connectivity index (χ1) is 10.6. The summed E-state index contributed by atoms with van der Waals surface area (Å²) < 4.78 is 0.759. The summed E-state index contributed by atoms with van der Waals surface area (Å²) in [5.74, 6) is -1.30. The summed E-state index contributed by atoms with van der Waals surface area (Å²) in [6.07, 6.45) is 0. The third-order valence-corrected chi connectivity index (χ3v) is 3.92. The first-order valence-electron chi connectivity index (χ1n) is 6.22. The number of carbonyl (C=O) groups is 3. The minimum Gasteiger partial charge on any atom is -0.342 e. The van der Waals surface area contributed by atoms with Crippen LogP contribution in [-0.2, 0) is 4.79 Å². The molecule has 2 aromatic rings. The van der Waals surface area contributed by atoms with E-state index in [0.29, 0.717) is 10.4 Å². The second-order valence-corrected chi connectivity index (χ2v) is 6.04. The van der Waals surface area contributed by atoms with Crippen LogP contribution < -0.4 is 16.2 Å². The van der Waals surface area contributed by atoms with Crippen LogP contribution in [0.1, 0.15) is 20.0 Å². The number of thiophene rings is 1. The van der Waals surface area contributed by atoms with Crippen molar-refractivity contribution in [2.45, 2.75) is 0 Å². The van der Waals surface area contributed by atoms with Gasteiger partial charge in [0.15, 0.2) is 0 Å². The molecule has 8 heteroatoms. The molecule has 0 unspecified atom stereocenters. The molecule has 0 saturated carbocycles. The molecule has 0 radical (unpaired) electrons. The standard InChI is InChI=1S/C14H12BrN3O3S/c15-10-4-1-3-9(7-10)13(20)18-17-12(19)8-16-14(21)11-5-2-6-22-11/h1-7H,8H2,(H,16,21)(H,17,19)(H,18,20). The predicted octanol–water partition coefficient (Wildman–Crippen LogP) is 1.70. The fourth-order valence-corrected chi connectivity index (χ4v) is 2.57. The fraction of sp³-hybridized carbons (Fsp3) is 0.0714. The third kappa shape index (κ3) is 4.68. The van der Waals surface area contributed by atoms with Crippen molar-refractivity contribution in [2.75, 3.05) is 6.54 Å². The molecule has 0 aliphatic carbocycles. The van der Waals surface area contributed by atoms with Crippen LogP contribution in [0.25, 0.3) is 0 Å². The number of amides is 3. The van der Waals surface area contributed by atoms with Gasteiger partial charge >= 0.3 is 0 Å². The zero-order valence-electron chi connectivity index (χ0n) is 11.3. The molecule has 1 aromatic carbocycles. The van der Waals surface area contributed by atoms with E-state index in [1.54, 1.807) is 41.8 Å². The van der Waals surface area contributed by atoms with E-state index >= 15 is 0 Å². The lowest BCUT2D eigenvalue weighted by atomic mass is 10.2. The maximum Gasteiger partial charge on any atom is 0.269 e. The molecule has 3 N–H and O–H groups in total. The zero-order chi connectivity index (χ0) is 15.9. The number of halogens is 1. The van der Waals surface area contributed by atoms with Crippen molar-refractivity contribution in [2.24, 2.45) is 0 Å². The second-order valence-electron chi connectivity index (χ2n) is 4.17. The highest BCUT2D eigenvalue weighted by atomic mass is 79.9. The Kier molecular flexibility index (Phi) is 5.68. The van der Waals surface area contributed by atoms with Crippen molar-refractivity contribution in [1.29, 1.82) is 0 Å². The van der Waals surface area contributed by atoms with E-state index in [9.17, 15) is 14.4 Å². The molecular formula is C14H12BrN3O3S. The Morgan fingerprint density at radius 1 is 1.05 bits per heavy atom. The van der Waals surface area contributed by atoms with Gasteiger partial charge in [0.2, 0.25) is 0 Å². The van der Waals surface area contributed by atoms with Crippen LogP contribution in [0, 0.1) is 0 Å².